The van der Waals surface area contributed by atoms with Gasteiger partial charge in [0.2, 0.25) is 0 Å². The van der Waals surface area contributed by atoms with E-state index >= 15 is 0 Å². The van der Waals surface area contributed by atoms with Crippen LogP contribution in [-0.4, -0.2) is 24.9 Å². The predicted octanol–water partition coefficient (Wildman–Crippen LogP) is 4.89. The summed E-state index contributed by atoms with van der Waals surface area (Å²) >= 11 is 0. The maximum Gasteiger partial charge on any atom is 0.164 e. The summed E-state index contributed by atoms with van der Waals surface area (Å²) in [7, 11) is 0. The van der Waals surface area contributed by atoms with Gasteiger partial charge >= 0.3 is 0 Å². The van der Waals surface area contributed by atoms with Crippen LogP contribution in [0.15, 0.2) is 60.9 Å². The lowest BCUT2D eigenvalue weighted by Crippen LogP contribution is -2.18. The third kappa shape index (κ3) is 3.48. The molecule has 30 heavy (non-hydrogen) atoms. The van der Waals surface area contributed by atoms with Gasteiger partial charge in [-0.15, -0.1) is 0 Å². The first-order valence-corrected chi connectivity index (χ1v) is 10.0. The van der Waals surface area contributed by atoms with Gasteiger partial charge < -0.3 is 15.6 Å². The molecule has 0 unspecified atom stereocenters. The Labute approximate surface area is 174 Å². The fraction of sp³-hybridized carbons (Fsp3) is 0.217. The van der Waals surface area contributed by atoms with Gasteiger partial charge in [-0.1, -0.05) is 18.2 Å². The number of nitrogens with two attached hydrogens (primary N) is 1. The number of aliphatic hydroxyl groups is 1. The van der Waals surface area contributed by atoms with Crippen molar-refractivity contribution in [2.45, 2.75) is 31.7 Å². The summed E-state index contributed by atoms with van der Waals surface area (Å²) < 4.78 is 7.84. The van der Waals surface area contributed by atoms with Crippen molar-refractivity contribution in [1.29, 1.82) is 0 Å². The number of fused-ring (bicyclic) bond motifs is 1. The molecule has 0 atom stereocenters. The van der Waals surface area contributed by atoms with E-state index in [1.165, 1.54) is 6.33 Å². The maximum absolute atomic E-state index is 9.78. The zero-order chi connectivity index (χ0) is 20.5. The summed E-state index contributed by atoms with van der Waals surface area (Å²) in [5.41, 5.74) is 8.63. The molecule has 2 heterocycles. The van der Waals surface area contributed by atoms with Crippen LogP contribution in [0, 0.1) is 6.10 Å². The lowest BCUT2D eigenvalue weighted by molar-refractivity contribution is 0.205. The highest BCUT2D eigenvalue weighted by atomic mass is 16.5. The third-order valence-electron chi connectivity index (χ3n) is 5.50. The van der Waals surface area contributed by atoms with Gasteiger partial charge in [0.05, 0.1) is 17.5 Å². The van der Waals surface area contributed by atoms with Crippen molar-refractivity contribution in [3.63, 3.8) is 0 Å². The van der Waals surface area contributed by atoms with E-state index in [0.29, 0.717) is 24.8 Å². The highest BCUT2D eigenvalue weighted by molar-refractivity contribution is 5.98. The summed E-state index contributed by atoms with van der Waals surface area (Å²) in [6.07, 6.45) is 5.07. The molecular weight excluding hydrogens is 378 g/mol. The van der Waals surface area contributed by atoms with Gasteiger partial charge in [-0.25, -0.2) is 14.6 Å². The molecule has 1 aliphatic rings. The molecule has 0 amide bonds. The third-order valence-corrected chi connectivity index (χ3v) is 5.50. The van der Waals surface area contributed by atoms with E-state index < -0.39 is 0 Å². The van der Waals surface area contributed by atoms with E-state index in [-0.39, 0.29) is 6.04 Å². The van der Waals surface area contributed by atoms with Crippen LogP contribution in [0.3, 0.4) is 0 Å². The molecule has 0 saturated heterocycles. The second kappa shape index (κ2) is 7.76. The van der Waals surface area contributed by atoms with Crippen LogP contribution in [0.4, 0.5) is 5.82 Å². The van der Waals surface area contributed by atoms with Crippen LogP contribution in [0.2, 0.25) is 0 Å². The van der Waals surface area contributed by atoms with E-state index in [9.17, 15) is 5.11 Å². The number of nitrogens with zero attached hydrogens (tertiary/aromatic N) is 4. The highest BCUT2D eigenvalue weighted by Crippen LogP contribution is 2.37. The number of rotatable bonds is 4. The maximum atomic E-state index is 9.78. The molecule has 151 valence electrons. The van der Waals surface area contributed by atoms with Crippen molar-refractivity contribution < 1.29 is 9.84 Å². The van der Waals surface area contributed by atoms with Crippen molar-refractivity contribution in [3.05, 3.63) is 67.0 Å². The molecule has 4 aromatic rings. The van der Waals surface area contributed by atoms with Crippen LogP contribution in [-0.2, 0) is 0 Å². The van der Waals surface area contributed by atoms with Crippen LogP contribution < -0.4 is 10.5 Å². The van der Waals surface area contributed by atoms with Gasteiger partial charge in [-0.05, 0) is 62.1 Å². The van der Waals surface area contributed by atoms with Crippen molar-refractivity contribution in [1.82, 2.24) is 19.7 Å². The molecule has 2 aromatic heterocycles. The van der Waals surface area contributed by atoms with E-state index in [2.05, 4.69) is 9.97 Å². The summed E-state index contributed by atoms with van der Waals surface area (Å²) in [5, 5.41) is 15.4. The van der Waals surface area contributed by atoms with Gasteiger partial charge in [0.1, 0.15) is 29.3 Å². The average molecular weight is 400 g/mol. The Morgan fingerprint density at radius 3 is 2.37 bits per heavy atom. The minimum Gasteiger partial charge on any atom is -0.457 e. The van der Waals surface area contributed by atoms with Crippen LogP contribution in [0.25, 0.3) is 22.3 Å². The standard InChI is InChI=1S/C23H22N5O2/c24-22-20-21(15-6-12-19(13-7-15)30-18-4-2-1-3-5-18)27-28(23(20)26-14-25-22)16-8-10-17(29)11-9-16/h1-7,12-14,16,29H,8-11H2,(H2,24,25,26). The second-order valence-electron chi connectivity index (χ2n) is 7.49. The molecule has 2 aromatic carbocycles. The molecule has 0 aliphatic heterocycles. The summed E-state index contributed by atoms with van der Waals surface area (Å²) in [6.45, 7) is 0. The van der Waals surface area contributed by atoms with Crippen LogP contribution in [0.5, 0.6) is 11.5 Å². The summed E-state index contributed by atoms with van der Waals surface area (Å²) in [6, 6.07) is 17.6. The van der Waals surface area contributed by atoms with Gasteiger partial charge in [0, 0.05) is 5.56 Å². The van der Waals surface area contributed by atoms with E-state index in [0.717, 1.165) is 46.6 Å². The van der Waals surface area contributed by atoms with Gasteiger partial charge in [-0.3, -0.25) is 0 Å². The molecule has 5 rings (SSSR count). The Balaban J connectivity index is 1.51. The SMILES string of the molecule is Nc1ncnc2c1c(-c1ccc(Oc3ccccc3)cc1)nn2C1CC[C](O)CC1. The molecular formula is C23H22N5O2. The quantitative estimate of drug-likeness (QED) is 0.506. The molecule has 7 nitrogen and oxygen atoms in total. The smallest absolute Gasteiger partial charge is 0.164 e. The zero-order valence-corrected chi connectivity index (χ0v) is 16.4. The van der Waals surface area contributed by atoms with Gasteiger partial charge in [0.25, 0.3) is 0 Å². The average Bonchev–Trinajstić information content (AvgIpc) is 3.17. The largest absolute Gasteiger partial charge is 0.457 e. The number of aromatic nitrogens is 4. The van der Waals surface area contributed by atoms with Crippen molar-refractivity contribution in [3.8, 4) is 22.8 Å². The predicted molar refractivity (Wildman–Crippen MR) is 114 cm³/mol. The minimum atomic E-state index is 0.173. The lowest BCUT2D eigenvalue weighted by Gasteiger charge is -2.25. The molecule has 1 saturated carbocycles. The van der Waals surface area contributed by atoms with Crippen LogP contribution in [0.1, 0.15) is 31.7 Å². The van der Waals surface area contributed by atoms with Gasteiger partial charge in [-0.2, -0.15) is 5.10 Å². The second-order valence-corrected chi connectivity index (χ2v) is 7.49. The molecule has 1 aliphatic carbocycles. The number of aliphatic hydroxyl groups excluding tert-OH is 1. The summed E-state index contributed by atoms with van der Waals surface area (Å²) in [4.78, 5) is 8.65. The number of benzene rings is 2. The summed E-state index contributed by atoms with van der Waals surface area (Å²) in [5.74, 6) is 1.95. The first-order chi connectivity index (χ1) is 14.7. The molecule has 3 N–H and O–H groups in total. The monoisotopic (exact) mass is 400 g/mol. The molecule has 0 spiro atoms. The van der Waals surface area contributed by atoms with E-state index in [1.54, 1.807) is 0 Å². The number of nitrogen functional groups attached to an aromatic ring is 1. The zero-order valence-electron chi connectivity index (χ0n) is 16.4. The fourth-order valence-corrected chi connectivity index (χ4v) is 3.94. The Morgan fingerprint density at radius 2 is 1.63 bits per heavy atom. The Hall–Kier alpha value is -3.45. The van der Waals surface area contributed by atoms with Gasteiger partial charge in [0.15, 0.2) is 5.65 Å². The lowest BCUT2D eigenvalue weighted by atomic mass is 9.93. The minimum absolute atomic E-state index is 0.173. The number of hydrogen-bond donors (Lipinski definition) is 2. The topological polar surface area (TPSA) is 99.1 Å². The molecule has 1 fully saturated rings. The molecule has 0 bridgehead atoms. The van der Waals surface area contributed by atoms with E-state index in [4.69, 9.17) is 15.6 Å². The Morgan fingerprint density at radius 1 is 0.933 bits per heavy atom. The Kier molecular flexibility index (Phi) is 4.80. The van der Waals surface area contributed by atoms with Crippen molar-refractivity contribution in [2.75, 3.05) is 5.73 Å². The molecule has 1 radical (unpaired) electrons. The first-order valence-electron chi connectivity index (χ1n) is 10.0. The number of anilines is 1. The number of hydrogen-bond acceptors (Lipinski definition) is 6. The van der Waals surface area contributed by atoms with E-state index in [1.807, 2.05) is 59.3 Å². The van der Waals surface area contributed by atoms with Crippen LogP contribution >= 0.6 is 0 Å². The first kappa shape index (κ1) is 18.6. The fourth-order valence-electron chi connectivity index (χ4n) is 3.94. The number of para-hydroxylation sites is 1. The number of ether oxygens (including phenoxy) is 1. The molecule has 7 heteroatoms. The highest BCUT2D eigenvalue weighted by Gasteiger charge is 2.26. The normalized spacial score (nSPS) is 15.5. The van der Waals surface area contributed by atoms with Crippen molar-refractivity contribution in [2.24, 2.45) is 0 Å². The Bertz CT molecular complexity index is 1150. The van der Waals surface area contributed by atoms with Crippen molar-refractivity contribution >= 4 is 16.9 Å².